The Morgan fingerprint density at radius 2 is 1.95 bits per heavy atom. The van der Waals surface area contributed by atoms with Crippen LogP contribution in [0, 0.1) is 0 Å². The molecule has 1 N–H and O–H groups in total. The number of hydrogen-bond acceptors (Lipinski definition) is 3. The Morgan fingerprint density at radius 1 is 1.16 bits per heavy atom. The quantitative estimate of drug-likeness (QED) is 0.836. The smallest absolute Gasteiger partial charge is 0.126 e. The van der Waals surface area contributed by atoms with Crippen LogP contribution in [0.1, 0.15) is 11.1 Å². The van der Waals surface area contributed by atoms with Gasteiger partial charge >= 0.3 is 0 Å². The fourth-order valence-corrected chi connectivity index (χ4v) is 2.01. The minimum atomic E-state index is 0.225. The summed E-state index contributed by atoms with van der Waals surface area (Å²) in [7, 11) is 0. The minimum Gasteiger partial charge on any atom is -0.508 e. The van der Waals surface area contributed by atoms with E-state index >= 15 is 0 Å². The van der Waals surface area contributed by atoms with Gasteiger partial charge in [0, 0.05) is 12.5 Å². The van der Waals surface area contributed by atoms with Crippen molar-refractivity contribution < 1.29 is 14.6 Å². The van der Waals surface area contributed by atoms with Crippen molar-refractivity contribution in [1.82, 2.24) is 0 Å². The average Bonchev–Trinajstić information content (AvgIpc) is 3.24. The summed E-state index contributed by atoms with van der Waals surface area (Å²) in [6, 6.07) is 15.2. The van der Waals surface area contributed by atoms with E-state index in [2.05, 4.69) is 0 Å². The van der Waals surface area contributed by atoms with Crippen molar-refractivity contribution in [3.63, 3.8) is 0 Å². The van der Waals surface area contributed by atoms with Crippen molar-refractivity contribution >= 4 is 0 Å². The number of ether oxygens (including phenoxy) is 2. The first-order chi connectivity index (χ1) is 9.31. The number of benzene rings is 2. The Balaban J connectivity index is 1.73. The fourth-order valence-electron chi connectivity index (χ4n) is 2.01. The van der Waals surface area contributed by atoms with Crippen molar-refractivity contribution in [2.24, 2.45) is 0 Å². The van der Waals surface area contributed by atoms with Gasteiger partial charge in [-0.15, -0.1) is 0 Å². The van der Waals surface area contributed by atoms with Crippen molar-refractivity contribution in [2.45, 2.75) is 19.1 Å². The second kappa shape index (κ2) is 5.33. The first-order valence-electron chi connectivity index (χ1n) is 6.41. The molecule has 98 valence electrons. The zero-order valence-electron chi connectivity index (χ0n) is 10.6. The van der Waals surface area contributed by atoms with Gasteiger partial charge in [0.1, 0.15) is 18.1 Å². The monoisotopic (exact) mass is 256 g/mol. The molecule has 1 saturated heterocycles. The molecule has 0 unspecified atom stereocenters. The molecule has 0 radical (unpaired) electrons. The molecule has 1 aliphatic heterocycles. The predicted molar refractivity (Wildman–Crippen MR) is 72.3 cm³/mol. The molecule has 0 saturated carbocycles. The van der Waals surface area contributed by atoms with Crippen LogP contribution in [0.25, 0.3) is 0 Å². The summed E-state index contributed by atoms with van der Waals surface area (Å²) >= 11 is 0. The van der Waals surface area contributed by atoms with Crippen LogP contribution in [-0.2, 0) is 17.8 Å². The summed E-state index contributed by atoms with van der Waals surface area (Å²) in [5, 5.41) is 9.57. The third kappa shape index (κ3) is 3.26. The Bertz CT molecular complexity index is 547. The lowest BCUT2D eigenvalue weighted by Gasteiger charge is -2.11. The first-order valence-corrected chi connectivity index (χ1v) is 6.41. The molecular formula is C16H16O3. The molecule has 2 aromatic rings. The van der Waals surface area contributed by atoms with E-state index in [4.69, 9.17) is 9.47 Å². The maximum Gasteiger partial charge on any atom is 0.126 e. The van der Waals surface area contributed by atoms with Gasteiger partial charge in [0.2, 0.25) is 0 Å². The zero-order valence-corrected chi connectivity index (χ0v) is 10.6. The van der Waals surface area contributed by atoms with Gasteiger partial charge in [-0.1, -0.05) is 36.4 Å². The van der Waals surface area contributed by atoms with Crippen LogP contribution < -0.4 is 4.74 Å². The predicted octanol–water partition coefficient (Wildman–Crippen LogP) is 2.91. The third-order valence-corrected chi connectivity index (χ3v) is 3.14. The van der Waals surface area contributed by atoms with E-state index in [0.29, 0.717) is 12.7 Å². The molecule has 19 heavy (non-hydrogen) atoms. The summed E-state index contributed by atoms with van der Waals surface area (Å²) in [6.45, 7) is 1.32. The van der Waals surface area contributed by atoms with E-state index in [9.17, 15) is 5.11 Å². The van der Waals surface area contributed by atoms with E-state index in [1.54, 1.807) is 12.1 Å². The average molecular weight is 256 g/mol. The molecule has 3 rings (SSSR count). The first kappa shape index (κ1) is 12.1. The van der Waals surface area contributed by atoms with Crippen molar-refractivity contribution in [1.29, 1.82) is 0 Å². The number of rotatable bonds is 5. The molecule has 3 nitrogen and oxygen atoms in total. The Kier molecular flexibility index (Phi) is 3.38. The summed E-state index contributed by atoms with van der Waals surface area (Å²) < 4.78 is 11.1. The van der Waals surface area contributed by atoms with Crippen molar-refractivity contribution in [3.05, 3.63) is 59.7 Å². The van der Waals surface area contributed by atoms with Gasteiger partial charge in [-0.05, 0) is 17.2 Å². The minimum absolute atomic E-state index is 0.225. The highest BCUT2D eigenvalue weighted by molar-refractivity contribution is 5.40. The Morgan fingerprint density at radius 3 is 2.68 bits per heavy atom. The van der Waals surface area contributed by atoms with Crippen LogP contribution in [0.3, 0.4) is 0 Å². The van der Waals surface area contributed by atoms with Crippen LogP contribution in [-0.4, -0.2) is 17.8 Å². The standard InChI is InChI=1S/C16H16O3/c17-14-7-6-13(8-15-11-18-15)16(9-14)19-10-12-4-2-1-3-5-12/h1-7,9,15,17H,8,10-11H2/t15-/m0/s1. The lowest BCUT2D eigenvalue weighted by Crippen LogP contribution is -2.01. The Labute approximate surface area is 112 Å². The normalized spacial score (nSPS) is 17.2. The SMILES string of the molecule is Oc1ccc(C[C@H]2CO2)c(OCc2ccccc2)c1. The fraction of sp³-hybridized carbons (Fsp3) is 0.250. The van der Waals surface area contributed by atoms with Crippen LogP contribution in [0.2, 0.25) is 0 Å². The van der Waals surface area contributed by atoms with Crippen LogP contribution in [0.4, 0.5) is 0 Å². The molecule has 1 atom stereocenters. The van der Waals surface area contributed by atoms with E-state index in [1.165, 1.54) is 0 Å². The molecule has 0 bridgehead atoms. The van der Waals surface area contributed by atoms with Crippen LogP contribution in [0.15, 0.2) is 48.5 Å². The lowest BCUT2D eigenvalue weighted by atomic mass is 10.1. The van der Waals surface area contributed by atoms with Crippen LogP contribution >= 0.6 is 0 Å². The number of aromatic hydroxyl groups is 1. The van der Waals surface area contributed by atoms with E-state index < -0.39 is 0 Å². The van der Waals surface area contributed by atoms with Gasteiger partial charge in [0.25, 0.3) is 0 Å². The van der Waals surface area contributed by atoms with E-state index in [0.717, 1.165) is 29.9 Å². The van der Waals surface area contributed by atoms with Gasteiger partial charge in [0.15, 0.2) is 0 Å². The Hall–Kier alpha value is -2.00. The molecule has 1 aliphatic rings. The zero-order chi connectivity index (χ0) is 13.1. The van der Waals surface area contributed by atoms with Gasteiger partial charge in [-0.2, -0.15) is 0 Å². The highest BCUT2D eigenvalue weighted by atomic mass is 16.6. The molecule has 2 aromatic carbocycles. The summed E-state index contributed by atoms with van der Waals surface area (Å²) in [4.78, 5) is 0. The van der Waals surface area contributed by atoms with Crippen LogP contribution in [0.5, 0.6) is 11.5 Å². The number of phenols is 1. The van der Waals surface area contributed by atoms with Gasteiger partial charge < -0.3 is 14.6 Å². The molecule has 0 aromatic heterocycles. The van der Waals surface area contributed by atoms with Gasteiger partial charge in [-0.3, -0.25) is 0 Å². The number of hydrogen-bond donors (Lipinski definition) is 1. The van der Waals surface area contributed by atoms with Gasteiger partial charge in [-0.25, -0.2) is 0 Å². The summed E-state index contributed by atoms with van der Waals surface area (Å²) in [5.74, 6) is 0.961. The lowest BCUT2D eigenvalue weighted by molar-refractivity contribution is 0.299. The molecule has 1 fully saturated rings. The third-order valence-electron chi connectivity index (χ3n) is 3.14. The molecule has 0 spiro atoms. The second-order valence-electron chi connectivity index (χ2n) is 4.73. The van der Waals surface area contributed by atoms with Gasteiger partial charge in [0.05, 0.1) is 12.7 Å². The van der Waals surface area contributed by atoms with E-state index in [-0.39, 0.29) is 5.75 Å². The molecule has 0 amide bonds. The summed E-state index contributed by atoms with van der Waals surface area (Å²) in [6.07, 6.45) is 1.15. The molecular weight excluding hydrogens is 240 g/mol. The summed E-state index contributed by atoms with van der Waals surface area (Å²) in [5.41, 5.74) is 2.19. The maximum atomic E-state index is 9.57. The molecule has 0 aliphatic carbocycles. The maximum absolute atomic E-state index is 9.57. The number of epoxide rings is 1. The topological polar surface area (TPSA) is 42.0 Å². The number of phenolic OH excluding ortho intramolecular Hbond substituents is 1. The second-order valence-corrected chi connectivity index (χ2v) is 4.73. The van der Waals surface area contributed by atoms with Crippen molar-refractivity contribution in [2.75, 3.05) is 6.61 Å². The highest BCUT2D eigenvalue weighted by Crippen LogP contribution is 2.28. The highest BCUT2D eigenvalue weighted by Gasteiger charge is 2.24. The molecule has 1 heterocycles. The van der Waals surface area contributed by atoms with Crippen molar-refractivity contribution in [3.8, 4) is 11.5 Å². The van der Waals surface area contributed by atoms with E-state index in [1.807, 2.05) is 36.4 Å². The molecule has 3 heteroatoms. The largest absolute Gasteiger partial charge is 0.508 e.